The molecule has 3 atom stereocenters. The second-order valence-corrected chi connectivity index (χ2v) is 7.70. The first-order chi connectivity index (χ1) is 8.09. The molecule has 1 heterocycles. The molecule has 17 heavy (non-hydrogen) atoms. The third kappa shape index (κ3) is 3.27. The first kappa shape index (κ1) is 13.9. The first-order valence-corrected chi connectivity index (χ1v) is 8.38. The molecule has 1 aromatic rings. The van der Waals surface area contributed by atoms with Gasteiger partial charge in [0, 0.05) is 28.0 Å². The Morgan fingerprint density at radius 2 is 1.94 bits per heavy atom. The number of thioether (sulfide) groups is 2. The van der Waals surface area contributed by atoms with E-state index in [9.17, 15) is 0 Å². The van der Waals surface area contributed by atoms with Gasteiger partial charge in [-0.15, -0.1) is 0 Å². The van der Waals surface area contributed by atoms with E-state index in [1.54, 1.807) is 0 Å². The van der Waals surface area contributed by atoms with Crippen molar-refractivity contribution in [2.45, 2.75) is 23.5 Å². The first-order valence-electron chi connectivity index (χ1n) is 5.53. The van der Waals surface area contributed by atoms with E-state index in [2.05, 4.69) is 6.92 Å². The van der Waals surface area contributed by atoms with Crippen molar-refractivity contribution in [3.05, 3.63) is 33.8 Å². The molecule has 1 aromatic carbocycles. The summed E-state index contributed by atoms with van der Waals surface area (Å²) in [6, 6.07) is 5.72. The molecule has 3 unspecified atom stereocenters. The van der Waals surface area contributed by atoms with Crippen molar-refractivity contribution < 1.29 is 0 Å². The fourth-order valence-electron chi connectivity index (χ4n) is 1.95. The van der Waals surface area contributed by atoms with E-state index < -0.39 is 0 Å². The van der Waals surface area contributed by atoms with E-state index in [4.69, 9.17) is 28.9 Å². The number of rotatable bonds is 2. The SMILES string of the molecule is CC1SCCSC1C(N)c1ccc(Cl)c(Cl)c1. The van der Waals surface area contributed by atoms with Gasteiger partial charge in [-0.1, -0.05) is 36.2 Å². The minimum Gasteiger partial charge on any atom is -0.323 e. The van der Waals surface area contributed by atoms with Crippen LogP contribution in [0.1, 0.15) is 18.5 Å². The molecule has 0 amide bonds. The maximum Gasteiger partial charge on any atom is 0.0595 e. The molecular weight excluding hydrogens is 293 g/mol. The zero-order valence-corrected chi connectivity index (χ0v) is 12.7. The van der Waals surface area contributed by atoms with Crippen LogP contribution in [0.2, 0.25) is 10.0 Å². The van der Waals surface area contributed by atoms with Gasteiger partial charge in [0.05, 0.1) is 10.0 Å². The van der Waals surface area contributed by atoms with Crippen molar-refractivity contribution in [2.75, 3.05) is 11.5 Å². The van der Waals surface area contributed by atoms with Crippen LogP contribution in [0.5, 0.6) is 0 Å². The summed E-state index contributed by atoms with van der Waals surface area (Å²) >= 11 is 15.9. The van der Waals surface area contributed by atoms with Crippen LogP contribution < -0.4 is 5.73 Å². The predicted molar refractivity (Wildman–Crippen MR) is 81.6 cm³/mol. The van der Waals surface area contributed by atoms with E-state index in [1.165, 1.54) is 11.5 Å². The van der Waals surface area contributed by atoms with E-state index in [0.717, 1.165) is 5.56 Å². The second kappa shape index (κ2) is 6.07. The van der Waals surface area contributed by atoms with Gasteiger partial charge in [-0.3, -0.25) is 0 Å². The molecule has 2 N–H and O–H groups in total. The number of hydrogen-bond donors (Lipinski definition) is 1. The Morgan fingerprint density at radius 3 is 2.59 bits per heavy atom. The van der Waals surface area contributed by atoms with Gasteiger partial charge in [0.25, 0.3) is 0 Å². The topological polar surface area (TPSA) is 26.0 Å². The van der Waals surface area contributed by atoms with E-state index in [-0.39, 0.29) is 6.04 Å². The van der Waals surface area contributed by atoms with Crippen molar-refractivity contribution in [2.24, 2.45) is 5.73 Å². The zero-order chi connectivity index (χ0) is 12.4. The largest absolute Gasteiger partial charge is 0.323 e. The molecule has 2 rings (SSSR count). The summed E-state index contributed by atoms with van der Waals surface area (Å²) in [4.78, 5) is 0. The van der Waals surface area contributed by atoms with Crippen LogP contribution in [0.4, 0.5) is 0 Å². The number of halogens is 2. The normalized spacial score (nSPS) is 26.8. The smallest absolute Gasteiger partial charge is 0.0595 e. The van der Waals surface area contributed by atoms with Crippen LogP contribution in [0, 0.1) is 0 Å². The molecule has 1 fully saturated rings. The molecule has 1 aliphatic rings. The summed E-state index contributed by atoms with van der Waals surface area (Å²) in [5, 5.41) is 2.20. The lowest BCUT2D eigenvalue weighted by molar-refractivity contribution is 0.664. The molecule has 1 aliphatic heterocycles. The highest BCUT2D eigenvalue weighted by atomic mass is 35.5. The second-order valence-electron chi connectivity index (χ2n) is 4.11. The Labute approximate surface area is 121 Å². The van der Waals surface area contributed by atoms with Crippen LogP contribution in [0.3, 0.4) is 0 Å². The number of nitrogens with two attached hydrogens (primary N) is 1. The van der Waals surface area contributed by atoms with Crippen LogP contribution in [0.25, 0.3) is 0 Å². The highest BCUT2D eigenvalue weighted by Crippen LogP contribution is 2.38. The minimum absolute atomic E-state index is 0.0255. The summed E-state index contributed by atoms with van der Waals surface area (Å²) in [6.45, 7) is 2.25. The Bertz CT molecular complexity index is 400. The zero-order valence-electron chi connectivity index (χ0n) is 9.53. The minimum atomic E-state index is 0.0255. The van der Waals surface area contributed by atoms with Crippen LogP contribution in [-0.4, -0.2) is 22.0 Å². The molecule has 0 spiro atoms. The van der Waals surface area contributed by atoms with Gasteiger partial charge in [-0.25, -0.2) is 0 Å². The van der Waals surface area contributed by atoms with Gasteiger partial charge in [0.2, 0.25) is 0 Å². The molecule has 0 aromatic heterocycles. The maximum absolute atomic E-state index is 6.34. The monoisotopic (exact) mass is 307 g/mol. The predicted octanol–water partition coefficient (Wildman–Crippen LogP) is 4.23. The average Bonchev–Trinajstić information content (AvgIpc) is 2.32. The summed E-state index contributed by atoms with van der Waals surface area (Å²) in [7, 11) is 0. The van der Waals surface area contributed by atoms with E-state index in [1.807, 2.05) is 41.7 Å². The number of hydrogen-bond acceptors (Lipinski definition) is 3. The molecular formula is C12H15Cl2NS2. The van der Waals surface area contributed by atoms with Crippen molar-refractivity contribution in [1.29, 1.82) is 0 Å². The summed E-state index contributed by atoms with van der Waals surface area (Å²) < 4.78 is 0. The van der Waals surface area contributed by atoms with Gasteiger partial charge in [0.1, 0.15) is 0 Å². The van der Waals surface area contributed by atoms with Gasteiger partial charge < -0.3 is 5.73 Å². The third-order valence-corrected chi connectivity index (χ3v) is 6.87. The lowest BCUT2D eigenvalue weighted by atomic mass is 10.0. The maximum atomic E-state index is 6.34. The van der Waals surface area contributed by atoms with Crippen molar-refractivity contribution in [1.82, 2.24) is 0 Å². The average molecular weight is 308 g/mol. The fraction of sp³-hybridized carbons (Fsp3) is 0.500. The van der Waals surface area contributed by atoms with Gasteiger partial charge in [-0.2, -0.15) is 23.5 Å². The molecule has 0 saturated carbocycles. The molecule has 5 heteroatoms. The summed E-state index contributed by atoms with van der Waals surface area (Å²) in [5.41, 5.74) is 7.42. The quantitative estimate of drug-likeness (QED) is 0.885. The molecule has 1 nitrogen and oxygen atoms in total. The molecule has 94 valence electrons. The lowest BCUT2D eigenvalue weighted by Crippen LogP contribution is -2.34. The molecule has 0 bridgehead atoms. The highest BCUT2D eigenvalue weighted by molar-refractivity contribution is 8.07. The number of benzene rings is 1. The third-order valence-electron chi connectivity index (χ3n) is 2.92. The van der Waals surface area contributed by atoms with E-state index >= 15 is 0 Å². The van der Waals surface area contributed by atoms with E-state index in [0.29, 0.717) is 20.5 Å². The van der Waals surface area contributed by atoms with Crippen molar-refractivity contribution >= 4 is 46.7 Å². The molecule has 0 aliphatic carbocycles. The van der Waals surface area contributed by atoms with Crippen molar-refractivity contribution in [3.63, 3.8) is 0 Å². The Hall–Kier alpha value is 0.460. The Morgan fingerprint density at radius 1 is 1.24 bits per heavy atom. The van der Waals surface area contributed by atoms with Crippen LogP contribution in [-0.2, 0) is 0 Å². The summed E-state index contributed by atoms with van der Waals surface area (Å²) in [6.07, 6.45) is 0. The lowest BCUT2D eigenvalue weighted by Gasteiger charge is -2.32. The van der Waals surface area contributed by atoms with Gasteiger partial charge >= 0.3 is 0 Å². The highest BCUT2D eigenvalue weighted by Gasteiger charge is 2.29. The molecule has 1 saturated heterocycles. The van der Waals surface area contributed by atoms with Gasteiger partial charge in [0.15, 0.2) is 0 Å². The Balaban J connectivity index is 2.17. The molecule has 0 radical (unpaired) electrons. The summed E-state index contributed by atoms with van der Waals surface area (Å²) in [5.74, 6) is 2.39. The standard InChI is InChI=1S/C12H15Cl2NS2/c1-7-12(17-5-4-16-7)11(15)8-2-3-9(13)10(14)6-8/h2-3,6-7,11-12H,4-5,15H2,1H3. The van der Waals surface area contributed by atoms with Crippen LogP contribution >= 0.6 is 46.7 Å². The Kier molecular flexibility index (Phi) is 4.96. The van der Waals surface area contributed by atoms with Crippen molar-refractivity contribution in [3.8, 4) is 0 Å². The van der Waals surface area contributed by atoms with Gasteiger partial charge in [-0.05, 0) is 17.7 Å². The fourth-order valence-corrected chi connectivity index (χ4v) is 5.14. The van der Waals surface area contributed by atoms with Crippen LogP contribution in [0.15, 0.2) is 18.2 Å².